The number of nitrogens with one attached hydrogen (secondary N) is 1. The van der Waals surface area contributed by atoms with E-state index in [1.807, 2.05) is 30.9 Å². The predicted molar refractivity (Wildman–Crippen MR) is 88.2 cm³/mol. The van der Waals surface area contributed by atoms with Crippen LogP contribution >= 0.6 is 0 Å². The van der Waals surface area contributed by atoms with Gasteiger partial charge in [0.05, 0.1) is 25.9 Å². The fourth-order valence-electron chi connectivity index (χ4n) is 2.54. The molecular formula is C15H26N6O2. The molecule has 1 amide bonds. The van der Waals surface area contributed by atoms with Gasteiger partial charge >= 0.3 is 6.09 Å². The van der Waals surface area contributed by atoms with Gasteiger partial charge in [-0.3, -0.25) is 9.67 Å². The SMILES string of the molecule is CCOC(=O)N1CCC(NC(N)=NCCn2cc(C)cn2)CC1. The van der Waals surface area contributed by atoms with Gasteiger partial charge in [0.1, 0.15) is 0 Å². The van der Waals surface area contributed by atoms with Crippen molar-refractivity contribution in [3.63, 3.8) is 0 Å². The number of aliphatic imine (C=N–C) groups is 1. The Hall–Kier alpha value is -2.25. The van der Waals surface area contributed by atoms with Crippen LogP contribution in [0.5, 0.6) is 0 Å². The van der Waals surface area contributed by atoms with Crippen LogP contribution in [0.25, 0.3) is 0 Å². The summed E-state index contributed by atoms with van der Waals surface area (Å²) in [5, 5.41) is 7.43. The van der Waals surface area contributed by atoms with Crippen LogP contribution < -0.4 is 11.1 Å². The zero-order valence-corrected chi connectivity index (χ0v) is 13.9. The Morgan fingerprint density at radius 3 is 2.87 bits per heavy atom. The molecule has 2 rings (SSSR count). The molecule has 23 heavy (non-hydrogen) atoms. The monoisotopic (exact) mass is 322 g/mol. The van der Waals surface area contributed by atoms with Gasteiger partial charge in [-0.1, -0.05) is 0 Å². The summed E-state index contributed by atoms with van der Waals surface area (Å²) in [6, 6.07) is 0.247. The lowest BCUT2D eigenvalue weighted by atomic mass is 10.1. The lowest BCUT2D eigenvalue weighted by molar-refractivity contribution is 0.0963. The van der Waals surface area contributed by atoms with Gasteiger partial charge in [0.25, 0.3) is 0 Å². The van der Waals surface area contributed by atoms with Gasteiger partial charge in [-0.05, 0) is 32.3 Å². The molecule has 1 aromatic rings. The van der Waals surface area contributed by atoms with Gasteiger partial charge < -0.3 is 20.7 Å². The number of carbonyl (C=O) groups excluding carboxylic acids is 1. The quantitative estimate of drug-likeness (QED) is 0.615. The minimum atomic E-state index is -0.234. The standard InChI is InChI=1S/C15H26N6O2/c1-3-23-15(22)20-7-4-13(5-8-20)19-14(16)17-6-9-21-11-12(2)10-18-21/h10-11,13H,3-9H2,1-2H3,(H3,16,17,19). The molecule has 0 aromatic carbocycles. The number of rotatable bonds is 5. The van der Waals surface area contributed by atoms with E-state index in [2.05, 4.69) is 15.4 Å². The van der Waals surface area contributed by atoms with E-state index in [4.69, 9.17) is 10.5 Å². The fourth-order valence-corrected chi connectivity index (χ4v) is 2.54. The summed E-state index contributed by atoms with van der Waals surface area (Å²) >= 11 is 0. The number of ether oxygens (including phenoxy) is 1. The third-order valence-electron chi connectivity index (χ3n) is 3.75. The van der Waals surface area contributed by atoms with Crippen molar-refractivity contribution in [2.24, 2.45) is 10.7 Å². The molecule has 0 saturated carbocycles. The third-order valence-corrected chi connectivity index (χ3v) is 3.75. The second-order valence-electron chi connectivity index (χ2n) is 5.65. The molecule has 1 aliphatic heterocycles. The Morgan fingerprint density at radius 2 is 2.26 bits per heavy atom. The molecule has 0 atom stereocenters. The number of hydrogen-bond acceptors (Lipinski definition) is 4. The van der Waals surface area contributed by atoms with Crippen molar-refractivity contribution in [1.82, 2.24) is 20.0 Å². The number of hydrogen-bond donors (Lipinski definition) is 2. The first-order chi connectivity index (χ1) is 11.1. The fraction of sp³-hybridized carbons (Fsp3) is 0.667. The molecule has 3 N–H and O–H groups in total. The van der Waals surface area contributed by atoms with E-state index >= 15 is 0 Å². The number of piperidine rings is 1. The van der Waals surface area contributed by atoms with E-state index in [0.717, 1.165) is 18.4 Å². The molecule has 8 heteroatoms. The first kappa shape index (κ1) is 17.1. The van der Waals surface area contributed by atoms with Crippen LogP contribution in [0.3, 0.4) is 0 Å². The van der Waals surface area contributed by atoms with Crippen LogP contribution in [0.15, 0.2) is 17.4 Å². The van der Waals surface area contributed by atoms with Crippen LogP contribution in [0.4, 0.5) is 4.79 Å². The van der Waals surface area contributed by atoms with Crippen molar-refractivity contribution in [2.75, 3.05) is 26.2 Å². The number of aromatic nitrogens is 2. The molecule has 1 fully saturated rings. The number of aryl methyl sites for hydroxylation is 1. The Morgan fingerprint density at radius 1 is 1.52 bits per heavy atom. The molecule has 8 nitrogen and oxygen atoms in total. The maximum atomic E-state index is 11.6. The van der Waals surface area contributed by atoms with E-state index in [1.165, 1.54) is 0 Å². The summed E-state index contributed by atoms with van der Waals surface area (Å²) in [5.74, 6) is 0.448. The van der Waals surface area contributed by atoms with Gasteiger partial charge in [-0.25, -0.2) is 4.79 Å². The van der Waals surface area contributed by atoms with Gasteiger partial charge in [-0.2, -0.15) is 5.10 Å². The minimum Gasteiger partial charge on any atom is -0.450 e. The number of likely N-dealkylation sites (tertiary alicyclic amines) is 1. The summed E-state index contributed by atoms with van der Waals surface area (Å²) in [7, 11) is 0. The van der Waals surface area contributed by atoms with Crippen LogP contribution in [-0.2, 0) is 11.3 Å². The maximum absolute atomic E-state index is 11.6. The number of nitrogens with two attached hydrogens (primary N) is 1. The van der Waals surface area contributed by atoms with Crippen molar-refractivity contribution in [1.29, 1.82) is 0 Å². The lowest BCUT2D eigenvalue weighted by Crippen LogP contribution is -2.48. The topological polar surface area (TPSA) is 97.8 Å². The summed E-state index contributed by atoms with van der Waals surface area (Å²) in [6.07, 6.45) is 5.25. The zero-order valence-electron chi connectivity index (χ0n) is 13.9. The average Bonchev–Trinajstić information content (AvgIpc) is 2.93. The van der Waals surface area contributed by atoms with Gasteiger partial charge in [0, 0.05) is 25.3 Å². The highest BCUT2D eigenvalue weighted by molar-refractivity contribution is 5.78. The zero-order chi connectivity index (χ0) is 16.7. The van der Waals surface area contributed by atoms with Crippen molar-refractivity contribution in [2.45, 2.75) is 39.3 Å². The van der Waals surface area contributed by atoms with E-state index in [9.17, 15) is 4.79 Å². The summed E-state index contributed by atoms with van der Waals surface area (Å²) < 4.78 is 6.86. The molecule has 128 valence electrons. The number of carbonyl (C=O) groups is 1. The van der Waals surface area contributed by atoms with Crippen molar-refractivity contribution >= 4 is 12.1 Å². The molecule has 0 aliphatic carbocycles. The normalized spacial score (nSPS) is 16.4. The van der Waals surface area contributed by atoms with Gasteiger partial charge in [-0.15, -0.1) is 0 Å². The highest BCUT2D eigenvalue weighted by atomic mass is 16.6. The molecule has 0 spiro atoms. The number of nitrogens with zero attached hydrogens (tertiary/aromatic N) is 4. The Kier molecular flexibility index (Phi) is 6.25. The second kappa shape index (κ2) is 8.40. The highest BCUT2D eigenvalue weighted by Gasteiger charge is 2.23. The molecule has 1 aliphatic rings. The lowest BCUT2D eigenvalue weighted by Gasteiger charge is -2.31. The van der Waals surface area contributed by atoms with E-state index in [0.29, 0.717) is 38.7 Å². The summed E-state index contributed by atoms with van der Waals surface area (Å²) in [5.41, 5.74) is 7.05. The first-order valence-electron chi connectivity index (χ1n) is 8.05. The van der Waals surface area contributed by atoms with Crippen LogP contribution in [0, 0.1) is 6.92 Å². The molecule has 1 saturated heterocycles. The highest BCUT2D eigenvalue weighted by Crippen LogP contribution is 2.11. The average molecular weight is 322 g/mol. The number of amides is 1. The van der Waals surface area contributed by atoms with Crippen LogP contribution in [0.1, 0.15) is 25.3 Å². The first-order valence-corrected chi connectivity index (χ1v) is 8.05. The Bertz CT molecular complexity index is 534. The van der Waals surface area contributed by atoms with Crippen LogP contribution in [0.2, 0.25) is 0 Å². The van der Waals surface area contributed by atoms with Crippen LogP contribution in [-0.4, -0.2) is 59.0 Å². The Labute approximate surface area is 136 Å². The summed E-state index contributed by atoms with van der Waals surface area (Å²) in [6.45, 7) is 6.87. The van der Waals surface area contributed by atoms with Crippen molar-refractivity contribution < 1.29 is 9.53 Å². The largest absolute Gasteiger partial charge is 0.450 e. The maximum Gasteiger partial charge on any atom is 0.409 e. The summed E-state index contributed by atoms with van der Waals surface area (Å²) in [4.78, 5) is 17.7. The minimum absolute atomic E-state index is 0.234. The molecule has 2 heterocycles. The third kappa shape index (κ3) is 5.46. The van der Waals surface area contributed by atoms with Gasteiger partial charge in [0.15, 0.2) is 5.96 Å². The molecule has 0 bridgehead atoms. The van der Waals surface area contributed by atoms with E-state index in [1.54, 1.807) is 4.90 Å². The van der Waals surface area contributed by atoms with E-state index < -0.39 is 0 Å². The van der Waals surface area contributed by atoms with Gasteiger partial charge in [0.2, 0.25) is 0 Å². The smallest absolute Gasteiger partial charge is 0.409 e. The van der Waals surface area contributed by atoms with Crippen molar-refractivity contribution in [3.05, 3.63) is 18.0 Å². The number of guanidine groups is 1. The predicted octanol–water partition coefficient (Wildman–Crippen LogP) is 0.717. The van der Waals surface area contributed by atoms with Crippen molar-refractivity contribution in [3.8, 4) is 0 Å². The molecule has 0 unspecified atom stereocenters. The second-order valence-corrected chi connectivity index (χ2v) is 5.65. The molecular weight excluding hydrogens is 296 g/mol. The van der Waals surface area contributed by atoms with E-state index in [-0.39, 0.29) is 12.1 Å². The molecule has 1 aromatic heterocycles. The Balaban J connectivity index is 1.68. The molecule has 0 radical (unpaired) electrons.